The average Bonchev–Trinajstić information content (AvgIpc) is 2.55. The van der Waals surface area contributed by atoms with Crippen LogP contribution in [0.3, 0.4) is 0 Å². The van der Waals surface area contributed by atoms with E-state index in [0.717, 1.165) is 25.9 Å². The van der Waals surface area contributed by atoms with E-state index < -0.39 is 6.09 Å². The van der Waals surface area contributed by atoms with Gasteiger partial charge in [-0.3, -0.25) is 4.79 Å². The summed E-state index contributed by atoms with van der Waals surface area (Å²) in [5, 5.41) is 10.4. The molecule has 0 saturated carbocycles. The van der Waals surface area contributed by atoms with E-state index in [0.29, 0.717) is 0 Å². The summed E-state index contributed by atoms with van der Waals surface area (Å²) in [5.74, 6) is 0.0475. The summed E-state index contributed by atoms with van der Waals surface area (Å²) in [6.45, 7) is 1.86. The van der Waals surface area contributed by atoms with Crippen LogP contribution in [0.2, 0.25) is 0 Å². The Hall–Kier alpha value is -1.26. The van der Waals surface area contributed by atoms with Gasteiger partial charge in [0.2, 0.25) is 5.91 Å². The highest BCUT2D eigenvalue weighted by Gasteiger charge is 2.16. The molecule has 0 radical (unpaired) electrons. The maximum absolute atomic E-state index is 11.3. The SMILES string of the molecule is O=C(O)NCCC(=O)N1CCCC1. The summed E-state index contributed by atoms with van der Waals surface area (Å²) in [6.07, 6.45) is 1.33. The van der Waals surface area contributed by atoms with Gasteiger partial charge in [0.05, 0.1) is 0 Å². The Morgan fingerprint density at radius 3 is 2.46 bits per heavy atom. The van der Waals surface area contributed by atoms with Crippen molar-refractivity contribution in [2.24, 2.45) is 0 Å². The number of carbonyl (C=O) groups excluding carboxylic acids is 1. The summed E-state index contributed by atoms with van der Waals surface area (Å²) in [5.41, 5.74) is 0. The van der Waals surface area contributed by atoms with Gasteiger partial charge in [0.1, 0.15) is 0 Å². The molecule has 1 saturated heterocycles. The standard InChI is InChI=1S/C8H14N2O3/c11-7(3-4-9-8(12)13)10-5-1-2-6-10/h9H,1-6H2,(H,12,13). The lowest BCUT2D eigenvalue weighted by Crippen LogP contribution is -2.32. The molecule has 1 aliphatic rings. The average molecular weight is 186 g/mol. The number of hydrogen-bond donors (Lipinski definition) is 2. The molecule has 0 aromatic carbocycles. The fourth-order valence-corrected chi connectivity index (χ4v) is 1.40. The molecule has 5 heteroatoms. The van der Waals surface area contributed by atoms with Crippen LogP contribution < -0.4 is 5.32 Å². The molecule has 1 heterocycles. The zero-order valence-corrected chi connectivity index (χ0v) is 7.45. The Balaban J connectivity index is 2.13. The number of amides is 2. The lowest BCUT2D eigenvalue weighted by molar-refractivity contribution is -0.129. The summed E-state index contributed by atoms with van der Waals surface area (Å²) in [7, 11) is 0. The minimum Gasteiger partial charge on any atom is -0.465 e. The van der Waals surface area contributed by atoms with Gasteiger partial charge in [-0.2, -0.15) is 0 Å². The van der Waals surface area contributed by atoms with Crippen molar-refractivity contribution in [3.63, 3.8) is 0 Å². The van der Waals surface area contributed by atoms with Crippen LogP contribution in [0.4, 0.5) is 4.79 Å². The molecule has 2 amide bonds. The van der Waals surface area contributed by atoms with Gasteiger partial charge in [0.25, 0.3) is 0 Å². The van der Waals surface area contributed by atoms with E-state index >= 15 is 0 Å². The Kier molecular flexibility index (Phi) is 3.54. The van der Waals surface area contributed by atoms with E-state index in [1.807, 2.05) is 0 Å². The topological polar surface area (TPSA) is 69.6 Å². The molecule has 13 heavy (non-hydrogen) atoms. The van der Waals surface area contributed by atoms with Crippen LogP contribution in [0.25, 0.3) is 0 Å². The maximum atomic E-state index is 11.3. The number of rotatable bonds is 3. The summed E-state index contributed by atoms with van der Waals surface area (Å²) >= 11 is 0. The molecule has 0 atom stereocenters. The number of carbonyl (C=O) groups is 2. The Morgan fingerprint density at radius 2 is 1.92 bits per heavy atom. The molecule has 0 aliphatic carbocycles. The zero-order chi connectivity index (χ0) is 9.68. The third-order valence-corrected chi connectivity index (χ3v) is 2.07. The van der Waals surface area contributed by atoms with E-state index in [9.17, 15) is 9.59 Å². The summed E-state index contributed by atoms with van der Waals surface area (Å²) < 4.78 is 0. The molecule has 74 valence electrons. The molecule has 0 spiro atoms. The molecular formula is C8H14N2O3. The van der Waals surface area contributed by atoms with Gasteiger partial charge in [-0.15, -0.1) is 0 Å². The Labute approximate surface area is 76.7 Å². The fraction of sp³-hybridized carbons (Fsp3) is 0.750. The number of likely N-dealkylation sites (tertiary alicyclic amines) is 1. The molecular weight excluding hydrogens is 172 g/mol. The third-order valence-electron chi connectivity index (χ3n) is 2.07. The molecule has 0 bridgehead atoms. The van der Waals surface area contributed by atoms with Gasteiger partial charge >= 0.3 is 6.09 Å². The van der Waals surface area contributed by atoms with Crippen molar-refractivity contribution in [2.75, 3.05) is 19.6 Å². The minimum absolute atomic E-state index is 0.0475. The molecule has 1 aliphatic heterocycles. The predicted molar refractivity (Wildman–Crippen MR) is 46.5 cm³/mol. The van der Waals surface area contributed by atoms with Crippen molar-refractivity contribution in [1.29, 1.82) is 0 Å². The van der Waals surface area contributed by atoms with Crippen molar-refractivity contribution in [3.8, 4) is 0 Å². The number of hydrogen-bond acceptors (Lipinski definition) is 2. The zero-order valence-electron chi connectivity index (χ0n) is 7.45. The van der Waals surface area contributed by atoms with E-state index in [4.69, 9.17) is 5.11 Å². The second kappa shape index (κ2) is 4.69. The predicted octanol–water partition coefficient (Wildman–Crippen LogP) is 0.266. The molecule has 1 fully saturated rings. The molecule has 1 rings (SSSR count). The smallest absolute Gasteiger partial charge is 0.404 e. The molecule has 0 aromatic heterocycles. The second-order valence-corrected chi connectivity index (χ2v) is 3.07. The summed E-state index contributed by atoms with van der Waals surface area (Å²) in [6, 6.07) is 0. The third kappa shape index (κ3) is 3.31. The highest BCUT2D eigenvalue weighted by molar-refractivity contribution is 5.77. The van der Waals surface area contributed by atoms with Gasteiger partial charge in [-0.25, -0.2) is 4.79 Å². The van der Waals surface area contributed by atoms with Crippen molar-refractivity contribution in [1.82, 2.24) is 10.2 Å². The maximum Gasteiger partial charge on any atom is 0.404 e. The largest absolute Gasteiger partial charge is 0.465 e. The first-order valence-electron chi connectivity index (χ1n) is 4.45. The number of carboxylic acid groups (broad SMARTS) is 1. The normalized spacial score (nSPS) is 15.8. The van der Waals surface area contributed by atoms with Crippen LogP contribution in [-0.4, -0.2) is 41.6 Å². The van der Waals surface area contributed by atoms with Crippen molar-refractivity contribution in [3.05, 3.63) is 0 Å². The first kappa shape index (κ1) is 9.83. The van der Waals surface area contributed by atoms with E-state index in [1.165, 1.54) is 0 Å². The van der Waals surface area contributed by atoms with Gasteiger partial charge in [-0.1, -0.05) is 0 Å². The van der Waals surface area contributed by atoms with Crippen LogP contribution in [0.1, 0.15) is 19.3 Å². The van der Waals surface area contributed by atoms with Crippen LogP contribution in [0, 0.1) is 0 Å². The summed E-state index contributed by atoms with van der Waals surface area (Å²) in [4.78, 5) is 23.2. The fourth-order valence-electron chi connectivity index (χ4n) is 1.40. The Bertz CT molecular complexity index is 200. The lowest BCUT2D eigenvalue weighted by atomic mass is 10.3. The van der Waals surface area contributed by atoms with Crippen LogP contribution >= 0.6 is 0 Å². The van der Waals surface area contributed by atoms with E-state index in [2.05, 4.69) is 5.32 Å². The van der Waals surface area contributed by atoms with Gasteiger partial charge in [0, 0.05) is 26.1 Å². The molecule has 5 nitrogen and oxygen atoms in total. The molecule has 0 aromatic rings. The highest BCUT2D eigenvalue weighted by Crippen LogP contribution is 2.08. The minimum atomic E-state index is -1.07. The first-order chi connectivity index (χ1) is 6.20. The van der Waals surface area contributed by atoms with E-state index in [-0.39, 0.29) is 18.9 Å². The monoisotopic (exact) mass is 186 g/mol. The van der Waals surface area contributed by atoms with Gasteiger partial charge in [0.15, 0.2) is 0 Å². The first-order valence-corrected chi connectivity index (χ1v) is 4.45. The highest BCUT2D eigenvalue weighted by atomic mass is 16.4. The van der Waals surface area contributed by atoms with Gasteiger partial charge < -0.3 is 15.3 Å². The molecule has 0 unspecified atom stereocenters. The Morgan fingerprint density at radius 1 is 1.31 bits per heavy atom. The van der Waals surface area contributed by atoms with E-state index in [1.54, 1.807) is 4.90 Å². The second-order valence-electron chi connectivity index (χ2n) is 3.07. The van der Waals surface area contributed by atoms with Crippen LogP contribution in [0.15, 0.2) is 0 Å². The number of nitrogens with zero attached hydrogens (tertiary/aromatic N) is 1. The van der Waals surface area contributed by atoms with Crippen molar-refractivity contribution in [2.45, 2.75) is 19.3 Å². The number of nitrogens with one attached hydrogen (secondary N) is 1. The lowest BCUT2D eigenvalue weighted by Gasteiger charge is -2.14. The van der Waals surface area contributed by atoms with Crippen molar-refractivity contribution < 1.29 is 14.7 Å². The quantitative estimate of drug-likeness (QED) is 0.664. The van der Waals surface area contributed by atoms with Gasteiger partial charge in [-0.05, 0) is 12.8 Å². The molecule has 2 N–H and O–H groups in total. The van der Waals surface area contributed by atoms with Crippen molar-refractivity contribution >= 4 is 12.0 Å². The van der Waals surface area contributed by atoms with Crippen LogP contribution in [-0.2, 0) is 4.79 Å². The van der Waals surface area contributed by atoms with Crippen LogP contribution in [0.5, 0.6) is 0 Å².